The van der Waals surface area contributed by atoms with Gasteiger partial charge in [0.1, 0.15) is 12.4 Å². The molecule has 0 saturated carbocycles. The van der Waals surface area contributed by atoms with E-state index in [9.17, 15) is 0 Å². The summed E-state index contributed by atoms with van der Waals surface area (Å²) in [6, 6.07) is 13.3. The molecule has 0 radical (unpaired) electrons. The van der Waals surface area contributed by atoms with E-state index in [0.717, 1.165) is 43.1 Å². The molecule has 0 fully saturated rings. The van der Waals surface area contributed by atoms with E-state index in [1.54, 1.807) is 6.07 Å². The van der Waals surface area contributed by atoms with E-state index in [-0.39, 0.29) is 0 Å². The molecule has 2 rings (SSSR count). The molecule has 0 aromatic heterocycles. The highest BCUT2D eigenvalue weighted by Crippen LogP contribution is 2.23. The van der Waals surface area contributed by atoms with Crippen molar-refractivity contribution in [2.75, 3.05) is 19.8 Å². The van der Waals surface area contributed by atoms with Crippen LogP contribution >= 0.6 is 23.2 Å². The third-order valence-corrected chi connectivity index (χ3v) is 4.03. The maximum absolute atomic E-state index is 5.99. The van der Waals surface area contributed by atoms with E-state index < -0.39 is 0 Å². The monoisotopic (exact) mass is 365 g/mol. The van der Waals surface area contributed by atoms with Crippen LogP contribution in [0.25, 0.3) is 0 Å². The number of benzene rings is 2. The topological polar surface area (TPSA) is 30.8 Å². The van der Waals surface area contributed by atoms with Gasteiger partial charge >= 0.3 is 0 Å². The molecule has 0 saturated heterocycles. The minimum absolute atomic E-state index is 0.446. The summed E-state index contributed by atoms with van der Waals surface area (Å²) in [5.41, 5.74) is 2.03. The van der Waals surface area contributed by atoms with Crippen LogP contribution in [0.3, 0.4) is 0 Å². The summed E-state index contributed by atoms with van der Waals surface area (Å²) >= 11 is 11.9. The predicted molar refractivity (Wildman–Crippen MR) is 101 cm³/mol. The summed E-state index contributed by atoms with van der Waals surface area (Å²) < 4.78 is 11.0. The van der Waals surface area contributed by atoms with Crippen molar-refractivity contribution in [1.29, 1.82) is 0 Å². The van der Waals surface area contributed by atoms with Crippen LogP contribution in [-0.4, -0.2) is 26.0 Å². The maximum atomic E-state index is 5.99. The van der Waals surface area contributed by atoms with Gasteiger partial charge in [-0.3, -0.25) is 4.99 Å². The Morgan fingerprint density at radius 2 is 1.83 bits per heavy atom. The fourth-order valence-corrected chi connectivity index (χ4v) is 2.34. The molecule has 0 spiro atoms. The highest BCUT2D eigenvalue weighted by molar-refractivity contribution is 6.42. The Kier molecular flexibility index (Phi) is 8.10. The highest BCUT2D eigenvalue weighted by Gasteiger charge is 2.01. The lowest BCUT2D eigenvalue weighted by Gasteiger charge is -2.07. The third-order valence-electron chi connectivity index (χ3n) is 3.29. The van der Waals surface area contributed by atoms with Crippen molar-refractivity contribution >= 4 is 29.4 Å². The molecule has 24 heavy (non-hydrogen) atoms. The molecular weight excluding hydrogens is 345 g/mol. The molecule has 0 amide bonds. The van der Waals surface area contributed by atoms with E-state index in [4.69, 9.17) is 32.7 Å². The fraction of sp³-hybridized carbons (Fsp3) is 0.316. The van der Waals surface area contributed by atoms with Crippen LogP contribution in [0.4, 0.5) is 0 Å². The molecule has 2 aromatic carbocycles. The molecule has 0 N–H and O–H groups in total. The van der Waals surface area contributed by atoms with Crippen molar-refractivity contribution < 1.29 is 9.47 Å². The van der Waals surface area contributed by atoms with E-state index >= 15 is 0 Å². The average Bonchev–Trinajstić information content (AvgIpc) is 2.60. The molecule has 128 valence electrons. The molecule has 0 bridgehead atoms. The first-order valence-corrected chi connectivity index (χ1v) is 8.69. The number of hydrogen-bond donors (Lipinski definition) is 0. The second kappa shape index (κ2) is 10.3. The number of nitrogens with zero attached hydrogens (tertiary/aromatic N) is 1. The van der Waals surface area contributed by atoms with Crippen LogP contribution in [0.5, 0.6) is 5.75 Å². The van der Waals surface area contributed by atoms with Gasteiger partial charge in [-0.05, 0) is 60.9 Å². The van der Waals surface area contributed by atoms with Crippen molar-refractivity contribution in [2.45, 2.75) is 20.0 Å². The Bertz CT molecular complexity index is 657. The van der Waals surface area contributed by atoms with Gasteiger partial charge in [-0.2, -0.15) is 0 Å². The van der Waals surface area contributed by atoms with E-state index in [2.05, 4.69) is 4.99 Å². The number of ether oxygens (including phenoxy) is 2. The zero-order valence-corrected chi connectivity index (χ0v) is 15.2. The standard InChI is InChI=1S/C19H21Cl2NO2/c1-2-23-11-3-10-22-13-15-4-7-17(8-5-15)24-14-16-6-9-18(20)19(21)12-16/h4-9,12-13H,2-3,10-11,14H2,1H3. The SMILES string of the molecule is CCOCCCN=Cc1ccc(OCc2ccc(Cl)c(Cl)c2)cc1. The van der Waals surface area contributed by atoms with E-state index in [1.165, 1.54) is 0 Å². The molecule has 0 aliphatic rings. The zero-order valence-electron chi connectivity index (χ0n) is 13.7. The van der Waals surface area contributed by atoms with Crippen LogP contribution in [-0.2, 0) is 11.3 Å². The van der Waals surface area contributed by atoms with Crippen LogP contribution in [0.2, 0.25) is 10.0 Å². The summed E-state index contributed by atoms with van der Waals surface area (Å²) in [6.07, 6.45) is 2.81. The molecular formula is C19H21Cl2NO2. The first kappa shape index (κ1) is 18.8. The van der Waals surface area contributed by atoms with Crippen molar-refractivity contribution in [3.63, 3.8) is 0 Å². The Morgan fingerprint density at radius 1 is 1.04 bits per heavy atom. The van der Waals surface area contributed by atoms with Gasteiger partial charge in [-0.1, -0.05) is 29.3 Å². The summed E-state index contributed by atoms with van der Waals surface area (Å²) in [6.45, 7) is 4.73. The average molecular weight is 366 g/mol. The van der Waals surface area contributed by atoms with Crippen molar-refractivity contribution in [3.05, 3.63) is 63.6 Å². The fourth-order valence-electron chi connectivity index (χ4n) is 2.02. The minimum atomic E-state index is 0.446. The smallest absolute Gasteiger partial charge is 0.119 e. The van der Waals surface area contributed by atoms with Gasteiger partial charge in [0.05, 0.1) is 10.0 Å². The van der Waals surface area contributed by atoms with Gasteiger partial charge in [0.25, 0.3) is 0 Å². The summed E-state index contributed by atoms with van der Waals surface area (Å²) in [4.78, 5) is 4.38. The lowest BCUT2D eigenvalue weighted by Crippen LogP contribution is -1.96. The zero-order chi connectivity index (χ0) is 17.2. The van der Waals surface area contributed by atoms with Gasteiger partial charge in [0.2, 0.25) is 0 Å². The first-order valence-electron chi connectivity index (χ1n) is 7.93. The van der Waals surface area contributed by atoms with Gasteiger partial charge < -0.3 is 9.47 Å². The quantitative estimate of drug-likeness (QED) is 0.438. The molecule has 2 aromatic rings. The van der Waals surface area contributed by atoms with Crippen molar-refractivity contribution in [1.82, 2.24) is 0 Å². The minimum Gasteiger partial charge on any atom is -0.489 e. The molecule has 0 atom stereocenters. The third kappa shape index (κ3) is 6.52. The Labute approximate surface area is 153 Å². The Hall–Kier alpha value is -1.55. The summed E-state index contributed by atoms with van der Waals surface area (Å²) in [7, 11) is 0. The Balaban J connectivity index is 1.79. The van der Waals surface area contributed by atoms with Crippen molar-refractivity contribution in [2.24, 2.45) is 4.99 Å². The van der Waals surface area contributed by atoms with Crippen LogP contribution < -0.4 is 4.74 Å². The number of halogens is 2. The van der Waals surface area contributed by atoms with Crippen LogP contribution in [0, 0.1) is 0 Å². The Morgan fingerprint density at radius 3 is 2.54 bits per heavy atom. The van der Waals surface area contributed by atoms with E-state index in [1.807, 2.05) is 49.5 Å². The number of rotatable bonds is 9. The number of hydrogen-bond acceptors (Lipinski definition) is 3. The maximum Gasteiger partial charge on any atom is 0.119 e. The summed E-state index contributed by atoms with van der Waals surface area (Å²) in [5.74, 6) is 0.801. The largest absolute Gasteiger partial charge is 0.489 e. The second-order valence-corrected chi connectivity index (χ2v) is 6.01. The molecule has 0 unspecified atom stereocenters. The second-order valence-electron chi connectivity index (χ2n) is 5.19. The van der Waals surface area contributed by atoms with Gasteiger partial charge in [0, 0.05) is 26.0 Å². The van der Waals surface area contributed by atoms with Gasteiger partial charge in [0.15, 0.2) is 0 Å². The van der Waals surface area contributed by atoms with E-state index in [0.29, 0.717) is 16.7 Å². The highest BCUT2D eigenvalue weighted by atomic mass is 35.5. The van der Waals surface area contributed by atoms with Gasteiger partial charge in [-0.25, -0.2) is 0 Å². The van der Waals surface area contributed by atoms with Crippen LogP contribution in [0.15, 0.2) is 47.5 Å². The van der Waals surface area contributed by atoms with Crippen LogP contribution in [0.1, 0.15) is 24.5 Å². The van der Waals surface area contributed by atoms with Gasteiger partial charge in [-0.15, -0.1) is 0 Å². The predicted octanol–water partition coefficient (Wildman–Crippen LogP) is 5.42. The number of aliphatic imine (C=N–C) groups is 1. The first-order chi connectivity index (χ1) is 11.7. The normalized spacial score (nSPS) is 11.1. The lowest BCUT2D eigenvalue weighted by molar-refractivity contribution is 0.146. The molecule has 3 nitrogen and oxygen atoms in total. The lowest BCUT2D eigenvalue weighted by atomic mass is 10.2. The molecule has 5 heteroatoms. The molecule has 0 aliphatic carbocycles. The van der Waals surface area contributed by atoms with Crippen molar-refractivity contribution in [3.8, 4) is 5.75 Å². The molecule has 0 aliphatic heterocycles. The molecule has 0 heterocycles. The summed E-state index contributed by atoms with van der Waals surface area (Å²) in [5, 5.41) is 1.08.